The molecule has 0 radical (unpaired) electrons. The van der Waals surface area contributed by atoms with Gasteiger partial charge in [0.25, 0.3) is 0 Å². The Morgan fingerprint density at radius 3 is 2.68 bits per heavy atom. The molecule has 0 unspecified atom stereocenters. The minimum absolute atomic E-state index is 0.102. The molecule has 1 aliphatic rings. The second kappa shape index (κ2) is 7.24. The van der Waals surface area contributed by atoms with Crippen molar-refractivity contribution in [2.24, 2.45) is 0 Å². The number of amides is 1. The second-order valence-electron chi connectivity index (χ2n) is 6.00. The highest BCUT2D eigenvalue weighted by atomic mass is 32.2. The third kappa shape index (κ3) is 4.30. The Morgan fingerprint density at radius 2 is 1.95 bits per heavy atom. The summed E-state index contributed by atoms with van der Waals surface area (Å²) in [5.41, 5.74) is 1.81. The molecule has 1 heterocycles. The van der Waals surface area contributed by atoms with Crippen LogP contribution in [-0.2, 0) is 14.8 Å². The molecule has 0 bridgehead atoms. The largest absolute Gasteiger partial charge is 0.325 e. The number of hydrogen-bond donors (Lipinski definition) is 1. The zero-order valence-electron chi connectivity index (χ0n) is 13.2. The molecular formula is C16H24N2O3S. The Balaban J connectivity index is 2.07. The SMILES string of the molecule is CC(C)c1ccccc1NC(=O)CN1CCCCCS1(=O)=O. The van der Waals surface area contributed by atoms with E-state index >= 15 is 0 Å². The van der Waals surface area contributed by atoms with Crippen molar-refractivity contribution in [3.8, 4) is 0 Å². The first kappa shape index (κ1) is 17.0. The first-order valence-electron chi connectivity index (χ1n) is 7.77. The van der Waals surface area contributed by atoms with Crippen molar-refractivity contribution in [1.82, 2.24) is 4.31 Å². The van der Waals surface area contributed by atoms with E-state index in [1.54, 1.807) is 0 Å². The predicted molar refractivity (Wildman–Crippen MR) is 88.4 cm³/mol. The minimum atomic E-state index is -3.30. The molecule has 1 aliphatic heterocycles. The van der Waals surface area contributed by atoms with E-state index in [1.165, 1.54) is 4.31 Å². The van der Waals surface area contributed by atoms with Gasteiger partial charge < -0.3 is 5.32 Å². The van der Waals surface area contributed by atoms with Gasteiger partial charge in [-0.15, -0.1) is 0 Å². The van der Waals surface area contributed by atoms with E-state index in [0.717, 1.165) is 24.1 Å². The average Bonchev–Trinajstić information content (AvgIpc) is 2.61. The predicted octanol–water partition coefficient (Wildman–Crippen LogP) is 2.56. The third-order valence-corrected chi connectivity index (χ3v) is 5.78. The van der Waals surface area contributed by atoms with Gasteiger partial charge in [-0.05, 0) is 30.4 Å². The fraction of sp³-hybridized carbons (Fsp3) is 0.562. The van der Waals surface area contributed by atoms with Crippen LogP contribution in [0.15, 0.2) is 24.3 Å². The Bertz CT molecular complexity index is 626. The lowest BCUT2D eigenvalue weighted by Crippen LogP contribution is -2.38. The Morgan fingerprint density at radius 1 is 1.23 bits per heavy atom. The van der Waals surface area contributed by atoms with Crippen LogP contribution in [0.3, 0.4) is 0 Å². The molecule has 6 heteroatoms. The van der Waals surface area contributed by atoms with E-state index in [9.17, 15) is 13.2 Å². The number of hydrogen-bond acceptors (Lipinski definition) is 3. The van der Waals surface area contributed by atoms with Crippen LogP contribution >= 0.6 is 0 Å². The molecule has 1 saturated heterocycles. The van der Waals surface area contributed by atoms with Gasteiger partial charge in [-0.2, -0.15) is 4.31 Å². The standard InChI is InChI=1S/C16H24N2O3S/c1-13(2)14-8-4-5-9-15(14)17-16(19)12-18-10-6-3-7-11-22(18,20)21/h4-5,8-9,13H,3,6-7,10-12H2,1-2H3,(H,17,19). The van der Waals surface area contributed by atoms with Gasteiger partial charge in [0.1, 0.15) is 0 Å². The molecule has 1 N–H and O–H groups in total. The van der Waals surface area contributed by atoms with Crippen molar-refractivity contribution in [1.29, 1.82) is 0 Å². The van der Waals surface area contributed by atoms with Gasteiger partial charge in [-0.25, -0.2) is 8.42 Å². The summed E-state index contributed by atoms with van der Waals surface area (Å²) in [6.07, 6.45) is 2.39. The number of anilines is 1. The fourth-order valence-electron chi connectivity index (χ4n) is 2.66. The number of para-hydroxylation sites is 1. The van der Waals surface area contributed by atoms with Gasteiger partial charge in [0.15, 0.2) is 0 Å². The van der Waals surface area contributed by atoms with Crippen LogP contribution in [0.25, 0.3) is 0 Å². The highest BCUT2D eigenvalue weighted by Gasteiger charge is 2.26. The zero-order chi connectivity index (χ0) is 16.2. The quantitative estimate of drug-likeness (QED) is 0.925. The lowest BCUT2D eigenvalue weighted by atomic mass is 10.0. The molecule has 0 aromatic heterocycles. The molecule has 122 valence electrons. The van der Waals surface area contributed by atoms with Gasteiger partial charge in [-0.3, -0.25) is 4.79 Å². The highest BCUT2D eigenvalue weighted by molar-refractivity contribution is 7.89. The van der Waals surface area contributed by atoms with Gasteiger partial charge in [-0.1, -0.05) is 38.5 Å². The maximum atomic E-state index is 12.2. The summed E-state index contributed by atoms with van der Waals surface area (Å²) in [6.45, 7) is 4.45. The van der Waals surface area contributed by atoms with Crippen molar-refractivity contribution in [3.05, 3.63) is 29.8 Å². The molecule has 1 aromatic rings. The summed E-state index contributed by atoms with van der Waals surface area (Å²) in [5.74, 6) is 0.153. The molecule has 1 aromatic carbocycles. The maximum absolute atomic E-state index is 12.2. The molecule has 0 atom stereocenters. The molecule has 5 nitrogen and oxygen atoms in total. The summed E-state index contributed by atoms with van der Waals surface area (Å²) in [6, 6.07) is 7.63. The molecule has 0 spiro atoms. The van der Waals surface area contributed by atoms with Crippen molar-refractivity contribution in [2.45, 2.75) is 39.0 Å². The number of rotatable bonds is 4. The number of nitrogens with one attached hydrogen (secondary N) is 1. The normalized spacial score (nSPS) is 18.9. The number of carbonyl (C=O) groups excluding carboxylic acids is 1. The molecule has 1 fully saturated rings. The number of benzene rings is 1. The van der Waals surface area contributed by atoms with Gasteiger partial charge >= 0.3 is 0 Å². The molecule has 22 heavy (non-hydrogen) atoms. The highest BCUT2D eigenvalue weighted by Crippen LogP contribution is 2.23. The van der Waals surface area contributed by atoms with Crippen molar-refractivity contribution in [3.63, 3.8) is 0 Å². The molecule has 1 amide bonds. The van der Waals surface area contributed by atoms with E-state index in [1.807, 2.05) is 24.3 Å². The molecule has 0 aliphatic carbocycles. The van der Waals surface area contributed by atoms with Crippen LogP contribution < -0.4 is 5.32 Å². The zero-order valence-corrected chi connectivity index (χ0v) is 14.0. The summed E-state index contributed by atoms with van der Waals surface area (Å²) >= 11 is 0. The van der Waals surface area contributed by atoms with E-state index < -0.39 is 10.0 Å². The number of nitrogens with zero attached hydrogens (tertiary/aromatic N) is 1. The topological polar surface area (TPSA) is 66.5 Å². The fourth-order valence-corrected chi connectivity index (χ4v) is 4.21. The monoisotopic (exact) mass is 324 g/mol. The van der Waals surface area contributed by atoms with E-state index in [2.05, 4.69) is 19.2 Å². The molecule has 2 rings (SSSR count). The van der Waals surface area contributed by atoms with Crippen LogP contribution in [0.1, 0.15) is 44.6 Å². The first-order chi connectivity index (χ1) is 10.4. The van der Waals surface area contributed by atoms with Crippen LogP contribution in [-0.4, -0.2) is 37.5 Å². The Hall–Kier alpha value is -1.40. The van der Waals surface area contributed by atoms with E-state index in [0.29, 0.717) is 18.9 Å². The van der Waals surface area contributed by atoms with Crippen LogP contribution in [0.5, 0.6) is 0 Å². The summed E-state index contributed by atoms with van der Waals surface area (Å²) < 4.78 is 25.5. The van der Waals surface area contributed by atoms with Crippen LogP contribution in [0.2, 0.25) is 0 Å². The van der Waals surface area contributed by atoms with Crippen molar-refractivity contribution in [2.75, 3.05) is 24.2 Å². The summed E-state index contributed by atoms with van der Waals surface area (Å²) in [7, 11) is -3.30. The second-order valence-corrected chi connectivity index (χ2v) is 8.09. The minimum Gasteiger partial charge on any atom is -0.325 e. The average molecular weight is 324 g/mol. The van der Waals surface area contributed by atoms with Crippen LogP contribution in [0.4, 0.5) is 5.69 Å². The van der Waals surface area contributed by atoms with E-state index in [-0.39, 0.29) is 18.2 Å². The summed E-state index contributed by atoms with van der Waals surface area (Å²) in [5, 5.41) is 2.85. The first-order valence-corrected chi connectivity index (χ1v) is 9.37. The number of sulfonamides is 1. The van der Waals surface area contributed by atoms with Gasteiger partial charge in [0.2, 0.25) is 15.9 Å². The lowest BCUT2D eigenvalue weighted by Gasteiger charge is -2.20. The maximum Gasteiger partial charge on any atom is 0.239 e. The summed E-state index contributed by atoms with van der Waals surface area (Å²) in [4.78, 5) is 12.2. The smallest absolute Gasteiger partial charge is 0.239 e. The third-order valence-electron chi connectivity index (χ3n) is 3.88. The van der Waals surface area contributed by atoms with Gasteiger partial charge in [0.05, 0.1) is 12.3 Å². The lowest BCUT2D eigenvalue weighted by molar-refractivity contribution is -0.116. The van der Waals surface area contributed by atoms with Crippen molar-refractivity contribution >= 4 is 21.6 Å². The number of carbonyl (C=O) groups is 1. The van der Waals surface area contributed by atoms with Crippen LogP contribution in [0, 0.1) is 0 Å². The molecule has 0 saturated carbocycles. The van der Waals surface area contributed by atoms with Crippen molar-refractivity contribution < 1.29 is 13.2 Å². The van der Waals surface area contributed by atoms with Gasteiger partial charge in [0, 0.05) is 12.2 Å². The Kier molecular flexibility index (Phi) is 5.58. The molecular weight excluding hydrogens is 300 g/mol. The van der Waals surface area contributed by atoms with E-state index in [4.69, 9.17) is 0 Å². The Labute approximate surface area is 132 Å².